The number of rotatable bonds is 6. The quantitative estimate of drug-likeness (QED) is 0.761. The number of alkyl halides is 1. The van der Waals surface area contributed by atoms with E-state index in [1.807, 2.05) is 37.3 Å². The number of benzene rings is 1. The highest BCUT2D eigenvalue weighted by Gasteiger charge is 2.63. The first kappa shape index (κ1) is 19.2. The molecule has 0 radical (unpaired) electrons. The molecule has 2 aliphatic heterocycles. The number of carbonyl (C=O) groups excluding carboxylic acids is 1. The Kier molecular flexibility index (Phi) is 5.56. The van der Waals surface area contributed by atoms with Crippen LogP contribution in [-0.2, 0) is 11.3 Å². The van der Waals surface area contributed by atoms with E-state index in [2.05, 4.69) is 19.2 Å². The number of amides is 1. The van der Waals surface area contributed by atoms with Gasteiger partial charge < -0.3 is 10.1 Å². The van der Waals surface area contributed by atoms with Gasteiger partial charge in [0.15, 0.2) is 0 Å². The first-order valence-electron chi connectivity index (χ1n) is 9.79. The Labute approximate surface area is 156 Å². The van der Waals surface area contributed by atoms with Crippen LogP contribution in [0.15, 0.2) is 30.3 Å². The molecule has 5 heteroatoms. The Balaban J connectivity index is 1.71. The number of ether oxygens (including phenoxy) is 1. The van der Waals surface area contributed by atoms with Gasteiger partial charge in [-0.05, 0) is 45.1 Å². The lowest BCUT2D eigenvalue weighted by molar-refractivity contribution is -0.0533. The van der Waals surface area contributed by atoms with Crippen molar-refractivity contribution in [3.8, 4) is 0 Å². The van der Waals surface area contributed by atoms with E-state index in [1.54, 1.807) is 4.90 Å². The van der Waals surface area contributed by atoms with Crippen LogP contribution in [0.25, 0.3) is 0 Å². The zero-order chi connectivity index (χ0) is 18.8. The Bertz CT molecular complexity index is 626. The van der Waals surface area contributed by atoms with Gasteiger partial charge in [0.25, 0.3) is 0 Å². The topological polar surface area (TPSA) is 41.6 Å². The van der Waals surface area contributed by atoms with E-state index in [4.69, 9.17) is 4.74 Å². The molecule has 144 valence electrons. The van der Waals surface area contributed by atoms with Crippen LogP contribution < -0.4 is 5.32 Å². The van der Waals surface area contributed by atoms with Crippen molar-refractivity contribution in [3.63, 3.8) is 0 Å². The van der Waals surface area contributed by atoms with Crippen molar-refractivity contribution in [3.05, 3.63) is 35.9 Å². The minimum absolute atomic E-state index is 0.257. The molecule has 0 aromatic heterocycles. The highest BCUT2D eigenvalue weighted by Crippen LogP contribution is 2.51. The summed E-state index contributed by atoms with van der Waals surface area (Å²) in [4.78, 5) is 14.4. The lowest BCUT2D eigenvalue weighted by atomic mass is 9.81. The van der Waals surface area contributed by atoms with Gasteiger partial charge in [-0.3, -0.25) is 4.90 Å². The van der Waals surface area contributed by atoms with Gasteiger partial charge >= 0.3 is 6.09 Å². The number of nitrogens with one attached hydrogen (secondary N) is 1. The normalized spacial score (nSPS) is 33.3. The minimum Gasteiger partial charge on any atom is -0.449 e. The molecule has 2 bridgehead atoms. The largest absolute Gasteiger partial charge is 0.449 e. The monoisotopic (exact) mass is 362 g/mol. The molecule has 2 aliphatic rings. The second-order valence-corrected chi connectivity index (χ2v) is 8.24. The summed E-state index contributed by atoms with van der Waals surface area (Å²) >= 11 is 0. The van der Waals surface area contributed by atoms with Gasteiger partial charge in [-0.1, -0.05) is 43.7 Å². The van der Waals surface area contributed by atoms with E-state index in [1.165, 1.54) is 0 Å². The molecular formula is C21H31FN2O2. The maximum atomic E-state index is 15.5. The highest BCUT2D eigenvalue weighted by molar-refractivity contribution is 5.71. The highest BCUT2D eigenvalue weighted by atomic mass is 19.1. The van der Waals surface area contributed by atoms with Crippen molar-refractivity contribution in [2.45, 2.75) is 82.7 Å². The SMILES string of the molecule is CCCCOC(=O)N1[C@]2(C)CC[C@@]1(C)[C@H](F)[C@H](NCc1ccccc1)C2. The van der Waals surface area contributed by atoms with E-state index in [0.717, 1.165) is 24.8 Å². The summed E-state index contributed by atoms with van der Waals surface area (Å²) in [5, 5.41) is 3.40. The number of piperidine rings is 1. The number of nitrogens with zero attached hydrogens (tertiary/aromatic N) is 1. The molecule has 4 atom stereocenters. The number of carbonyl (C=O) groups is 1. The molecule has 2 heterocycles. The molecule has 1 amide bonds. The maximum absolute atomic E-state index is 15.5. The predicted octanol–water partition coefficient (Wildman–Crippen LogP) is 4.44. The van der Waals surface area contributed by atoms with Crippen molar-refractivity contribution in [2.75, 3.05) is 6.61 Å². The average molecular weight is 362 g/mol. The van der Waals surface area contributed by atoms with E-state index >= 15 is 4.39 Å². The molecular weight excluding hydrogens is 331 g/mol. The van der Waals surface area contributed by atoms with Crippen LogP contribution >= 0.6 is 0 Å². The van der Waals surface area contributed by atoms with Crippen molar-refractivity contribution < 1.29 is 13.9 Å². The Morgan fingerprint density at radius 1 is 1.31 bits per heavy atom. The summed E-state index contributed by atoms with van der Waals surface area (Å²) in [6, 6.07) is 9.78. The van der Waals surface area contributed by atoms with Crippen LogP contribution in [0.4, 0.5) is 9.18 Å². The molecule has 3 rings (SSSR count). The minimum atomic E-state index is -1.11. The van der Waals surface area contributed by atoms with Gasteiger partial charge in [0.2, 0.25) is 0 Å². The third-order valence-electron chi connectivity index (χ3n) is 6.14. The second kappa shape index (κ2) is 7.55. The molecule has 1 N–H and O–H groups in total. The summed E-state index contributed by atoms with van der Waals surface area (Å²) < 4.78 is 20.9. The molecule has 4 nitrogen and oxygen atoms in total. The Morgan fingerprint density at radius 3 is 2.73 bits per heavy atom. The van der Waals surface area contributed by atoms with Crippen LogP contribution in [0, 0.1) is 0 Å². The molecule has 0 spiro atoms. The van der Waals surface area contributed by atoms with Gasteiger partial charge in [-0.15, -0.1) is 0 Å². The van der Waals surface area contributed by atoms with Crippen LogP contribution in [0.5, 0.6) is 0 Å². The summed E-state index contributed by atoms with van der Waals surface area (Å²) in [7, 11) is 0. The fraction of sp³-hybridized carbons (Fsp3) is 0.667. The summed E-state index contributed by atoms with van der Waals surface area (Å²) in [6.07, 6.45) is 2.45. The zero-order valence-corrected chi connectivity index (χ0v) is 16.1. The van der Waals surface area contributed by atoms with Gasteiger partial charge in [-0.25, -0.2) is 9.18 Å². The van der Waals surface area contributed by atoms with Crippen LogP contribution in [0.1, 0.15) is 58.4 Å². The second-order valence-electron chi connectivity index (χ2n) is 8.24. The lowest BCUT2D eigenvalue weighted by Crippen LogP contribution is -2.68. The van der Waals surface area contributed by atoms with Gasteiger partial charge in [0.05, 0.1) is 12.1 Å². The van der Waals surface area contributed by atoms with Crippen LogP contribution in [0.3, 0.4) is 0 Å². The van der Waals surface area contributed by atoms with E-state index < -0.39 is 11.7 Å². The summed E-state index contributed by atoms with van der Waals surface area (Å²) in [6.45, 7) is 7.05. The Morgan fingerprint density at radius 2 is 2.04 bits per heavy atom. The molecule has 1 aromatic carbocycles. The first-order chi connectivity index (χ1) is 12.4. The fourth-order valence-electron chi connectivity index (χ4n) is 4.65. The van der Waals surface area contributed by atoms with E-state index in [0.29, 0.717) is 26.0 Å². The van der Waals surface area contributed by atoms with Crippen LogP contribution in [-0.4, -0.2) is 40.9 Å². The van der Waals surface area contributed by atoms with Gasteiger partial charge in [-0.2, -0.15) is 0 Å². The number of fused-ring (bicyclic) bond motifs is 2. The number of unbranched alkanes of at least 4 members (excludes halogenated alkanes) is 1. The lowest BCUT2D eigenvalue weighted by Gasteiger charge is -2.52. The predicted molar refractivity (Wildman–Crippen MR) is 101 cm³/mol. The summed E-state index contributed by atoms with van der Waals surface area (Å²) in [5.74, 6) is 0. The molecule has 0 aliphatic carbocycles. The van der Waals surface area contributed by atoms with Gasteiger partial charge in [0, 0.05) is 18.1 Å². The van der Waals surface area contributed by atoms with Crippen molar-refractivity contribution in [2.24, 2.45) is 0 Å². The number of hydrogen-bond donors (Lipinski definition) is 1. The van der Waals surface area contributed by atoms with E-state index in [-0.39, 0.29) is 17.7 Å². The molecule has 0 unspecified atom stereocenters. The third kappa shape index (κ3) is 3.46. The average Bonchev–Trinajstić information content (AvgIpc) is 2.86. The van der Waals surface area contributed by atoms with Crippen molar-refractivity contribution in [1.82, 2.24) is 10.2 Å². The first-order valence-corrected chi connectivity index (χ1v) is 9.79. The Hall–Kier alpha value is -1.62. The summed E-state index contributed by atoms with van der Waals surface area (Å²) in [5.41, 5.74) is -0.0108. The molecule has 26 heavy (non-hydrogen) atoms. The van der Waals surface area contributed by atoms with Crippen molar-refractivity contribution >= 4 is 6.09 Å². The van der Waals surface area contributed by atoms with Gasteiger partial charge in [0.1, 0.15) is 6.17 Å². The van der Waals surface area contributed by atoms with E-state index in [9.17, 15) is 4.79 Å². The maximum Gasteiger partial charge on any atom is 0.410 e. The zero-order valence-electron chi connectivity index (χ0n) is 16.1. The molecule has 2 saturated heterocycles. The fourth-order valence-corrected chi connectivity index (χ4v) is 4.65. The molecule has 2 fully saturated rings. The number of halogens is 1. The van der Waals surface area contributed by atoms with Crippen LogP contribution in [0.2, 0.25) is 0 Å². The molecule has 0 saturated carbocycles. The number of hydrogen-bond acceptors (Lipinski definition) is 3. The molecule has 1 aromatic rings. The smallest absolute Gasteiger partial charge is 0.410 e. The standard InChI is InChI=1S/C21H31FN2O2/c1-4-5-13-26-19(25)24-20(2)11-12-21(24,3)18(22)17(14-20)23-15-16-9-7-6-8-10-16/h6-10,17-18,23H,4-5,11-15H2,1-3H3/t17-,18-,20-,21+/m1/s1. The third-order valence-corrected chi connectivity index (χ3v) is 6.14. The van der Waals surface area contributed by atoms with Crippen molar-refractivity contribution in [1.29, 1.82) is 0 Å².